The smallest absolute Gasteiger partial charge is 1.00 e. The van der Waals surface area contributed by atoms with Gasteiger partial charge in [0, 0.05) is 0 Å². The fourth-order valence-corrected chi connectivity index (χ4v) is 0. The molecule has 0 aliphatic carbocycles. The molecular weight excluding hydrogens is 353 g/mol. The molecule has 0 aliphatic heterocycles. The van der Waals surface area contributed by atoms with Gasteiger partial charge in [-0.25, -0.2) is 0 Å². The summed E-state index contributed by atoms with van der Waals surface area (Å²) >= 11 is 0. The Labute approximate surface area is 113 Å². The van der Waals surface area contributed by atoms with E-state index < -0.39 is 6.48 Å². The first-order valence-electron chi connectivity index (χ1n) is 0.802. The average Bonchev–Trinajstić information content (AvgIpc) is 0.592. The van der Waals surface area contributed by atoms with E-state index in [1.807, 2.05) is 0 Å². The van der Waals surface area contributed by atoms with E-state index in [0.29, 0.717) is 0 Å². The molecule has 0 nitrogen and oxygen atoms in total. The normalized spacial score (nSPS) is 20.2. The zero-order valence-corrected chi connectivity index (χ0v) is 13.0. The third kappa shape index (κ3) is 50.6. The van der Waals surface area contributed by atoms with Crippen molar-refractivity contribution in [3.63, 3.8) is 0 Å². The van der Waals surface area contributed by atoms with Crippen LogP contribution in [0.5, 0.6) is 0 Å². The Morgan fingerprint density at radius 3 is 0.625 bits per heavy atom. The molecule has 0 unspecified atom stereocenters. The van der Waals surface area contributed by atoms with Gasteiger partial charge in [0.25, 0.3) is 0 Å². The van der Waals surface area contributed by atoms with Crippen LogP contribution in [0.2, 0.25) is 0 Å². The molecule has 0 spiro atoms. The van der Waals surface area contributed by atoms with Gasteiger partial charge in [0.15, 0.2) is 0 Å². The molecule has 8 heteroatoms. The van der Waals surface area contributed by atoms with E-state index in [2.05, 4.69) is 0 Å². The summed E-state index contributed by atoms with van der Waals surface area (Å²) in [5.41, 5.74) is 0. The maximum absolute atomic E-state index is 5.22. The van der Waals surface area contributed by atoms with Crippen molar-refractivity contribution >= 4 is 58.1 Å². The minimum Gasteiger partial charge on any atom is 1.00 e. The molecule has 0 rings (SSSR count). The molecule has 0 amide bonds. The Kier molecular flexibility index (Phi) is 5.53. The average molecular weight is 353 g/mol. The Bertz CT molecular complexity index is 67.1. The van der Waals surface area contributed by atoms with Crippen molar-refractivity contribution in [2.75, 3.05) is 0 Å². The predicted octanol–water partition coefficient (Wildman–Crippen LogP) is 1.14. The molecule has 0 radical (unpaired) electrons. The second-order valence-corrected chi connectivity index (χ2v) is 40.3. The summed E-state index contributed by atoms with van der Waals surface area (Å²) in [6, 6.07) is 0. The van der Waals surface area contributed by atoms with Gasteiger partial charge in [-0.05, 0) is 0 Å². The quantitative estimate of drug-likeness (QED) is 0.574. The first-order chi connectivity index (χ1) is 2.45. The minimum absolute atomic E-state index is 0. The number of hydrogen-bond acceptors (Lipinski definition) is 0. The van der Waals surface area contributed by atoms with Crippen molar-refractivity contribution in [2.24, 2.45) is 0 Å². The number of hydrogen-bond donors (Lipinski definition) is 0. The van der Waals surface area contributed by atoms with E-state index in [1.165, 1.54) is 0 Å². The van der Waals surface area contributed by atoms with Crippen molar-refractivity contribution in [2.45, 2.75) is 0 Å². The molecule has 0 saturated carbocycles. The topological polar surface area (TPSA) is 0 Å². The Morgan fingerprint density at radius 1 is 0.625 bits per heavy atom. The van der Waals surface area contributed by atoms with Crippen LogP contribution in [0.1, 0.15) is 0 Å². The minimum atomic E-state index is -5.22. The zero-order valence-electron chi connectivity index (χ0n) is 3.62. The maximum Gasteiger partial charge on any atom is 1.00 e. The SMILES string of the molecule is [Cl][Ru-]([Cl])([Cl])([Cl])([Cl])[Cl].[K+]. The van der Waals surface area contributed by atoms with Gasteiger partial charge in [-0.2, -0.15) is 0 Å². The van der Waals surface area contributed by atoms with Crippen molar-refractivity contribution < 1.29 is 57.9 Å². The summed E-state index contributed by atoms with van der Waals surface area (Å²) in [5.74, 6) is 0. The van der Waals surface area contributed by atoms with Crippen LogP contribution in [-0.2, 0) is 6.48 Å². The van der Waals surface area contributed by atoms with E-state index >= 15 is 0 Å². The van der Waals surface area contributed by atoms with Gasteiger partial charge in [0.05, 0.1) is 0 Å². The Balaban J connectivity index is 0. The molecule has 0 aromatic carbocycles. The largest absolute Gasteiger partial charge is 1.00 e. The molecule has 0 aromatic rings. The van der Waals surface area contributed by atoms with Crippen molar-refractivity contribution in [1.82, 2.24) is 0 Å². The maximum atomic E-state index is 5.04. The van der Waals surface area contributed by atoms with Crippen LogP contribution in [-0.4, -0.2) is 0 Å². The summed E-state index contributed by atoms with van der Waals surface area (Å²) in [4.78, 5) is 0. The molecule has 8 heavy (non-hydrogen) atoms. The van der Waals surface area contributed by atoms with E-state index in [9.17, 15) is 0 Å². The number of rotatable bonds is 0. The molecular formula is Cl6KRu. The van der Waals surface area contributed by atoms with Crippen LogP contribution >= 0.6 is 58.1 Å². The molecule has 0 fully saturated rings. The third-order valence-corrected chi connectivity index (χ3v) is 0. The van der Waals surface area contributed by atoms with Crippen molar-refractivity contribution in [3.8, 4) is 0 Å². The van der Waals surface area contributed by atoms with Crippen LogP contribution < -0.4 is 51.4 Å². The molecule has 0 aliphatic rings. The van der Waals surface area contributed by atoms with Crippen LogP contribution in [0, 0.1) is 0 Å². The standard InChI is InChI=1S/6ClH.K.Ru/h6*1H;;/q;;;;;;+1;+5/p-6. The molecule has 0 N–H and O–H groups in total. The summed E-state index contributed by atoms with van der Waals surface area (Å²) in [6.07, 6.45) is 0. The number of halogens is 6. The molecule has 0 heterocycles. The van der Waals surface area contributed by atoms with Gasteiger partial charge in [0.2, 0.25) is 0 Å². The van der Waals surface area contributed by atoms with E-state index in [0.717, 1.165) is 0 Å². The zero-order chi connectivity index (χ0) is 6.41. The van der Waals surface area contributed by atoms with E-state index in [-0.39, 0.29) is 51.4 Å². The monoisotopic (exact) mass is 351 g/mol. The van der Waals surface area contributed by atoms with Crippen LogP contribution in [0.15, 0.2) is 0 Å². The Hall–Kier alpha value is 4.00. The molecule has 0 saturated heterocycles. The summed E-state index contributed by atoms with van der Waals surface area (Å²) in [6.45, 7) is -5.22. The van der Waals surface area contributed by atoms with Crippen LogP contribution in [0.4, 0.5) is 0 Å². The van der Waals surface area contributed by atoms with Crippen molar-refractivity contribution in [3.05, 3.63) is 0 Å². The van der Waals surface area contributed by atoms with E-state index in [4.69, 9.17) is 58.1 Å². The predicted molar refractivity (Wildman–Crippen MR) is 35.1 cm³/mol. The van der Waals surface area contributed by atoms with Gasteiger partial charge in [0.1, 0.15) is 0 Å². The van der Waals surface area contributed by atoms with Crippen LogP contribution in [0.25, 0.3) is 0 Å². The fourth-order valence-electron chi connectivity index (χ4n) is 0. The first kappa shape index (κ1) is 14.5. The Morgan fingerprint density at radius 2 is 0.625 bits per heavy atom. The fraction of sp³-hybridized carbons (Fsp3) is 0. The summed E-state index contributed by atoms with van der Waals surface area (Å²) in [7, 11) is 30.3. The second-order valence-electron chi connectivity index (χ2n) is 0.758. The van der Waals surface area contributed by atoms with Gasteiger partial charge >= 0.3 is 116 Å². The van der Waals surface area contributed by atoms with Gasteiger partial charge in [-0.1, -0.05) is 0 Å². The summed E-state index contributed by atoms with van der Waals surface area (Å²) in [5, 5.41) is 0. The third-order valence-electron chi connectivity index (χ3n) is 0. The molecule has 0 atom stereocenters. The van der Waals surface area contributed by atoms with Gasteiger partial charge in [-0.3, -0.25) is 0 Å². The van der Waals surface area contributed by atoms with Crippen LogP contribution in [0.3, 0.4) is 0 Å². The summed E-state index contributed by atoms with van der Waals surface area (Å²) < 4.78 is 0. The first-order valence-corrected chi connectivity index (χ1v) is 14.2. The molecule has 0 bridgehead atoms. The molecule has 0 aromatic heterocycles. The molecule has 51 valence electrons. The van der Waals surface area contributed by atoms with Gasteiger partial charge < -0.3 is 0 Å². The van der Waals surface area contributed by atoms with Gasteiger partial charge in [-0.15, -0.1) is 0 Å². The van der Waals surface area contributed by atoms with E-state index in [1.54, 1.807) is 0 Å². The van der Waals surface area contributed by atoms with Crippen molar-refractivity contribution in [1.29, 1.82) is 0 Å². The second kappa shape index (κ2) is 3.05.